The van der Waals surface area contributed by atoms with E-state index < -0.39 is 10.0 Å². The largest absolute Gasteiger partial charge is 0.385 e. The lowest BCUT2D eigenvalue weighted by molar-refractivity contribution is 0.581. The fraction of sp³-hybridized carbons (Fsp3) is 0.538. The predicted molar refractivity (Wildman–Crippen MR) is 73.1 cm³/mol. The molecule has 1 aliphatic rings. The van der Waals surface area contributed by atoms with E-state index in [9.17, 15) is 8.42 Å². The third-order valence-corrected chi connectivity index (χ3v) is 4.48. The SMILES string of the molecule is CCCNS(=O)(=O)c1ccc(NCC2CC2)cc1. The highest BCUT2D eigenvalue weighted by molar-refractivity contribution is 7.89. The van der Waals surface area contributed by atoms with Crippen LogP contribution in [0.1, 0.15) is 26.2 Å². The standard InChI is InChI=1S/C13H20N2O2S/c1-2-9-15-18(16,17)13-7-5-12(6-8-13)14-10-11-3-4-11/h5-8,11,14-15H,2-4,9-10H2,1H3. The second-order valence-corrected chi connectivity index (χ2v) is 6.51. The molecule has 2 N–H and O–H groups in total. The molecule has 4 nitrogen and oxygen atoms in total. The molecule has 0 bridgehead atoms. The van der Waals surface area contributed by atoms with Gasteiger partial charge in [0.25, 0.3) is 0 Å². The Morgan fingerprint density at radius 2 is 1.89 bits per heavy atom. The van der Waals surface area contributed by atoms with E-state index in [0.717, 1.165) is 24.6 Å². The van der Waals surface area contributed by atoms with Gasteiger partial charge < -0.3 is 5.32 Å². The second kappa shape index (κ2) is 5.71. The van der Waals surface area contributed by atoms with Crippen LogP contribution < -0.4 is 10.0 Å². The Hall–Kier alpha value is -1.07. The summed E-state index contributed by atoms with van der Waals surface area (Å²) in [6, 6.07) is 6.94. The summed E-state index contributed by atoms with van der Waals surface area (Å²) in [6.07, 6.45) is 3.40. The van der Waals surface area contributed by atoms with Gasteiger partial charge in [0.2, 0.25) is 10.0 Å². The van der Waals surface area contributed by atoms with E-state index in [0.29, 0.717) is 11.4 Å². The van der Waals surface area contributed by atoms with Crippen LogP contribution in [0, 0.1) is 5.92 Å². The van der Waals surface area contributed by atoms with E-state index >= 15 is 0 Å². The zero-order valence-electron chi connectivity index (χ0n) is 10.6. The van der Waals surface area contributed by atoms with Gasteiger partial charge in [-0.25, -0.2) is 13.1 Å². The van der Waals surface area contributed by atoms with Crippen molar-refractivity contribution in [1.82, 2.24) is 4.72 Å². The first-order valence-electron chi connectivity index (χ1n) is 6.45. The number of benzene rings is 1. The Morgan fingerprint density at radius 1 is 1.22 bits per heavy atom. The maximum atomic E-state index is 11.8. The molecule has 5 heteroatoms. The number of nitrogens with one attached hydrogen (secondary N) is 2. The van der Waals surface area contributed by atoms with Gasteiger partial charge in [-0.1, -0.05) is 6.92 Å². The van der Waals surface area contributed by atoms with Crippen molar-refractivity contribution in [3.63, 3.8) is 0 Å². The minimum atomic E-state index is -3.34. The zero-order valence-corrected chi connectivity index (χ0v) is 11.5. The monoisotopic (exact) mass is 268 g/mol. The van der Waals surface area contributed by atoms with Gasteiger partial charge in [-0.2, -0.15) is 0 Å². The van der Waals surface area contributed by atoms with Gasteiger partial charge in [0.05, 0.1) is 4.90 Å². The summed E-state index contributed by atoms with van der Waals surface area (Å²) in [7, 11) is -3.34. The van der Waals surface area contributed by atoms with E-state index in [2.05, 4.69) is 10.0 Å². The van der Waals surface area contributed by atoms with E-state index in [4.69, 9.17) is 0 Å². The highest BCUT2D eigenvalue weighted by Gasteiger charge is 2.20. The molecule has 0 amide bonds. The van der Waals surface area contributed by atoms with Crippen LogP contribution in [0.4, 0.5) is 5.69 Å². The van der Waals surface area contributed by atoms with Crippen LogP contribution in [0.3, 0.4) is 0 Å². The molecule has 1 saturated carbocycles. The summed E-state index contributed by atoms with van der Waals surface area (Å²) in [6.45, 7) is 3.40. The Balaban J connectivity index is 1.97. The van der Waals surface area contributed by atoms with Crippen molar-refractivity contribution >= 4 is 15.7 Å². The van der Waals surface area contributed by atoms with Crippen molar-refractivity contribution in [3.05, 3.63) is 24.3 Å². The molecule has 1 aromatic rings. The van der Waals surface area contributed by atoms with Gasteiger partial charge in [-0.15, -0.1) is 0 Å². The molecule has 1 aromatic carbocycles. The smallest absolute Gasteiger partial charge is 0.240 e. The van der Waals surface area contributed by atoms with Crippen molar-refractivity contribution in [2.45, 2.75) is 31.1 Å². The molecule has 0 atom stereocenters. The molecule has 0 aromatic heterocycles. The minimum Gasteiger partial charge on any atom is -0.385 e. The van der Waals surface area contributed by atoms with Crippen LogP contribution >= 0.6 is 0 Å². The van der Waals surface area contributed by atoms with Crippen LogP contribution in [-0.2, 0) is 10.0 Å². The van der Waals surface area contributed by atoms with E-state index in [1.54, 1.807) is 12.1 Å². The van der Waals surface area contributed by atoms with Crippen LogP contribution in [0.5, 0.6) is 0 Å². The number of anilines is 1. The molecule has 0 aliphatic heterocycles. The van der Waals surface area contributed by atoms with E-state index in [1.165, 1.54) is 12.8 Å². The van der Waals surface area contributed by atoms with Crippen molar-refractivity contribution in [2.24, 2.45) is 5.92 Å². The van der Waals surface area contributed by atoms with Crippen molar-refractivity contribution in [3.8, 4) is 0 Å². The molecule has 0 radical (unpaired) electrons. The first-order chi connectivity index (χ1) is 8.62. The molecular formula is C13H20N2O2S. The first-order valence-corrected chi connectivity index (χ1v) is 7.94. The molecule has 0 unspecified atom stereocenters. The fourth-order valence-electron chi connectivity index (χ4n) is 1.66. The third-order valence-electron chi connectivity index (χ3n) is 3.00. The highest BCUT2D eigenvalue weighted by Crippen LogP contribution is 2.29. The lowest BCUT2D eigenvalue weighted by Crippen LogP contribution is -2.24. The highest BCUT2D eigenvalue weighted by atomic mass is 32.2. The lowest BCUT2D eigenvalue weighted by atomic mass is 10.3. The zero-order chi connectivity index (χ0) is 13.0. The molecule has 1 aliphatic carbocycles. The van der Waals surface area contributed by atoms with Crippen LogP contribution in [-0.4, -0.2) is 21.5 Å². The van der Waals surface area contributed by atoms with Gasteiger partial charge >= 0.3 is 0 Å². The van der Waals surface area contributed by atoms with Gasteiger partial charge in [-0.3, -0.25) is 0 Å². The molecule has 0 heterocycles. The number of hydrogen-bond donors (Lipinski definition) is 2. The summed E-state index contributed by atoms with van der Waals surface area (Å²) < 4.78 is 26.3. The molecule has 100 valence electrons. The first kappa shape index (κ1) is 13.4. The summed E-state index contributed by atoms with van der Waals surface area (Å²) in [5, 5.41) is 3.31. The predicted octanol–water partition coefficient (Wildman–Crippen LogP) is 2.20. The van der Waals surface area contributed by atoms with Gasteiger partial charge in [0.1, 0.15) is 0 Å². The summed E-state index contributed by atoms with van der Waals surface area (Å²) in [5.74, 6) is 0.805. The van der Waals surface area contributed by atoms with Gasteiger partial charge in [0.15, 0.2) is 0 Å². The molecule has 2 rings (SSSR count). The van der Waals surface area contributed by atoms with Crippen molar-refractivity contribution < 1.29 is 8.42 Å². The molecule has 0 spiro atoms. The second-order valence-electron chi connectivity index (χ2n) is 4.75. The summed E-state index contributed by atoms with van der Waals surface area (Å²) >= 11 is 0. The average molecular weight is 268 g/mol. The summed E-state index contributed by atoms with van der Waals surface area (Å²) in [4.78, 5) is 0.327. The molecular weight excluding hydrogens is 248 g/mol. The van der Waals surface area contributed by atoms with Crippen LogP contribution in [0.15, 0.2) is 29.2 Å². The van der Waals surface area contributed by atoms with Crippen LogP contribution in [0.25, 0.3) is 0 Å². The van der Waals surface area contributed by atoms with Gasteiger partial charge in [-0.05, 0) is 49.4 Å². The Labute approximate surface area is 109 Å². The van der Waals surface area contributed by atoms with E-state index in [-0.39, 0.29) is 0 Å². The van der Waals surface area contributed by atoms with Crippen molar-refractivity contribution in [2.75, 3.05) is 18.4 Å². The van der Waals surface area contributed by atoms with Crippen LogP contribution in [0.2, 0.25) is 0 Å². The lowest BCUT2D eigenvalue weighted by Gasteiger charge is -2.08. The number of hydrogen-bond acceptors (Lipinski definition) is 3. The topological polar surface area (TPSA) is 58.2 Å². The van der Waals surface area contributed by atoms with E-state index in [1.807, 2.05) is 19.1 Å². The Bertz CT molecular complexity index is 478. The average Bonchev–Trinajstić information content (AvgIpc) is 3.18. The third kappa shape index (κ3) is 3.71. The summed E-state index contributed by atoms with van der Waals surface area (Å²) in [5.41, 5.74) is 0.983. The molecule has 0 saturated heterocycles. The number of rotatable bonds is 7. The Morgan fingerprint density at radius 3 is 2.44 bits per heavy atom. The normalized spacial score (nSPS) is 15.6. The Kier molecular flexibility index (Phi) is 4.24. The fourth-order valence-corrected chi connectivity index (χ4v) is 2.79. The van der Waals surface area contributed by atoms with Gasteiger partial charge in [0, 0.05) is 18.8 Å². The minimum absolute atomic E-state index is 0.327. The molecule has 18 heavy (non-hydrogen) atoms. The quantitative estimate of drug-likeness (QED) is 0.797. The number of sulfonamides is 1. The maximum Gasteiger partial charge on any atom is 0.240 e. The maximum absolute atomic E-state index is 11.8. The van der Waals surface area contributed by atoms with Crippen molar-refractivity contribution in [1.29, 1.82) is 0 Å². The molecule has 1 fully saturated rings.